The van der Waals surface area contributed by atoms with Crippen molar-refractivity contribution < 1.29 is 14.3 Å². The third-order valence-corrected chi connectivity index (χ3v) is 4.07. The number of ketones is 1. The minimum atomic E-state index is -0.567. The summed E-state index contributed by atoms with van der Waals surface area (Å²) in [5.74, 6) is -0.185. The molecule has 3 heterocycles. The summed E-state index contributed by atoms with van der Waals surface area (Å²) < 4.78 is 6.83. The Hall–Kier alpha value is -3.22. The summed E-state index contributed by atoms with van der Waals surface area (Å²) in [7, 11) is 0. The van der Waals surface area contributed by atoms with E-state index >= 15 is 0 Å². The Morgan fingerprint density at radius 3 is 2.65 bits per heavy atom. The third-order valence-electron chi connectivity index (χ3n) is 4.07. The number of Topliss-reactive ketones (excluding diaryl/α,β-unsaturated/α-hetero) is 1. The monoisotopic (exact) mass is 352 g/mol. The van der Waals surface area contributed by atoms with E-state index in [0.29, 0.717) is 29.1 Å². The van der Waals surface area contributed by atoms with Gasteiger partial charge in [0.25, 0.3) is 0 Å². The molecule has 0 aliphatic rings. The Labute approximate surface area is 151 Å². The maximum atomic E-state index is 12.4. The summed E-state index contributed by atoms with van der Waals surface area (Å²) in [6.45, 7) is 5.29. The van der Waals surface area contributed by atoms with E-state index in [-0.39, 0.29) is 12.4 Å². The van der Waals surface area contributed by atoms with E-state index in [1.54, 1.807) is 16.9 Å². The largest absolute Gasteiger partial charge is 0.454 e. The summed E-state index contributed by atoms with van der Waals surface area (Å²) in [6, 6.07) is 7.22. The topological polar surface area (TPSA) is 89.9 Å². The molecule has 0 aromatic carbocycles. The van der Waals surface area contributed by atoms with Gasteiger partial charge in [0.2, 0.25) is 5.78 Å². The van der Waals surface area contributed by atoms with Crippen LogP contribution in [0.15, 0.2) is 36.7 Å². The lowest BCUT2D eigenvalue weighted by Crippen LogP contribution is -2.16. The van der Waals surface area contributed by atoms with E-state index in [9.17, 15) is 9.59 Å². The number of nitrogens with zero attached hydrogens (tertiary/aromatic N) is 3. The Bertz CT molecular complexity index is 941. The van der Waals surface area contributed by atoms with Gasteiger partial charge in [-0.3, -0.25) is 4.79 Å². The molecular formula is C19H20N4O3. The van der Waals surface area contributed by atoms with Gasteiger partial charge in [0.1, 0.15) is 5.56 Å². The van der Waals surface area contributed by atoms with E-state index in [0.717, 1.165) is 11.4 Å². The minimum absolute atomic E-state index is 0.240. The van der Waals surface area contributed by atoms with Crippen LogP contribution in [0.1, 0.15) is 44.7 Å². The van der Waals surface area contributed by atoms with E-state index < -0.39 is 5.97 Å². The molecule has 7 heteroatoms. The maximum absolute atomic E-state index is 12.4. The van der Waals surface area contributed by atoms with Gasteiger partial charge in [-0.25, -0.2) is 14.5 Å². The number of aromatic nitrogens is 4. The number of H-pyrrole nitrogens is 1. The van der Waals surface area contributed by atoms with Gasteiger partial charge < -0.3 is 9.72 Å². The molecule has 0 saturated heterocycles. The fraction of sp³-hybridized carbons (Fsp3) is 0.263. The molecule has 0 aliphatic heterocycles. The highest BCUT2D eigenvalue weighted by Gasteiger charge is 2.21. The quantitative estimate of drug-likeness (QED) is 0.544. The van der Waals surface area contributed by atoms with Crippen molar-refractivity contribution in [1.82, 2.24) is 19.7 Å². The van der Waals surface area contributed by atoms with E-state index in [1.165, 1.54) is 6.20 Å². The number of hydrogen-bond acceptors (Lipinski definition) is 5. The van der Waals surface area contributed by atoms with Crippen molar-refractivity contribution in [1.29, 1.82) is 0 Å². The summed E-state index contributed by atoms with van der Waals surface area (Å²) in [5.41, 5.74) is 3.22. The number of carbonyl (C=O) groups is 2. The Balaban J connectivity index is 1.75. The van der Waals surface area contributed by atoms with Gasteiger partial charge in [0.05, 0.1) is 11.9 Å². The van der Waals surface area contributed by atoms with Crippen molar-refractivity contribution in [3.05, 3.63) is 64.9 Å². The van der Waals surface area contributed by atoms with Crippen LogP contribution >= 0.6 is 0 Å². The molecule has 0 aliphatic carbocycles. The standard InChI is InChI=1S/C19H20N4O3/c1-4-16-15(10-21-23(16)18-7-5-6-8-20-18)19(25)26-11-17(24)14-9-12(2)22-13(14)3/h5-10,22H,4,11H2,1-3H3. The second-order valence-electron chi connectivity index (χ2n) is 5.95. The lowest BCUT2D eigenvalue weighted by Gasteiger charge is -2.07. The smallest absolute Gasteiger partial charge is 0.342 e. The van der Waals surface area contributed by atoms with Gasteiger partial charge in [-0.15, -0.1) is 0 Å². The predicted molar refractivity (Wildman–Crippen MR) is 95.6 cm³/mol. The predicted octanol–water partition coefficient (Wildman–Crippen LogP) is 2.81. The Kier molecular flexibility index (Phi) is 4.97. The van der Waals surface area contributed by atoms with Gasteiger partial charge in [-0.1, -0.05) is 13.0 Å². The van der Waals surface area contributed by atoms with Crippen LogP contribution in [0, 0.1) is 13.8 Å². The van der Waals surface area contributed by atoms with Crippen molar-refractivity contribution in [2.75, 3.05) is 6.61 Å². The average molecular weight is 352 g/mol. The molecule has 0 amide bonds. The molecule has 3 aromatic heterocycles. The first-order chi connectivity index (χ1) is 12.5. The fourth-order valence-electron chi connectivity index (χ4n) is 2.86. The number of ether oxygens (including phenoxy) is 1. The SMILES string of the molecule is CCc1c(C(=O)OCC(=O)c2cc(C)[nH]c2C)cnn1-c1ccccn1. The fourth-order valence-corrected chi connectivity index (χ4v) is 2.86. The van der Waals surface area contributed by atoms with Crippen molar-refractivity contribution in [2.45, 2.75) is 27.2 Å². The number of rotatable bonds is 6. The summed E-state index contributed by atoms with van der Waals surface area (Å²) in [6.07, 6.45) is 3.69. The zero-order valence-corrected chi connectivity index (χ0v) is 14.9. The molecule has 7 nitrogen and oxygen atoms in total. The second kappa shape index (κ2) is 7.35. The van der Waals surface area contributed by atoms with Crippen LogP contribution in [0.4, 0.5) is 0 Å². The molecule has 0 fully saturated rings. The molecule has 0 bridgehead atoms. The van der Waals surface area contributed by atoms with Gasteiger partial charge in [-0.2, -0.15) is 5.10 Å². The lowest BCUT2D eigenvalue weighted by atomic mass is 10.1. The highest BCUT2D eigenvalue weighted by molar-refractivity contribution is 6.00. The summed E-state index contributed by atoms with van der Waals surface area (Å²) >= 11 is 0. The molecule has 134 valence electrons. The van der Waals surface area contributed by atoms with Crippen LogP contribution in [0.5, 0.6) is 0 Å². The second-order valence-corrected chi connectivity index (χ2v) is 5.95. The zero-order valence-electron chi connectivity index (χ0n) is 14.9. The zero-order chi connectivity index (χ0) is 18.7. The first kappa shape index (κ1) is 17.6. The molecule has 0 atom stereocenters. The molecule has 0 spiro atoms. The van der Waals surface area contributed by atoms with Crippen LogP contribution in [-0.4, -0.2) is 38.1 Å². The normalized spacial score (nSPS) is 10.7. The Morgan fingerprint density at radius 2 is 2.04 bits per heavy atom. The molecule has 1 N–H and O–H groups in total. The van der Waals surface area contributed by atoms with Crippen LogP contribution < -0.4 is 0 Å². The van der Waals surface area contributed by atoms with Gasteiger partial charge in [-0.05, 0) is 38.5 Å². The number of carbonyl (C=O) groups excluding carboxylic acids is 2. The highest BCUT2D eigenvalue weighted by atomic mass is 16.5. The van der Waals surface area contributed by atoms with Crippen LogP contribution in [0.2, 0.25) is 0 Å². The highest BCUT2D eigenvalue weighted by Crippen LogP contribution is 2.16. The molecule has 3 aromatic rings. The number of nitrogens with one attached hydrogen (secondary N) is 1. The third kappa shape index (κ3) is 3.42. The first-order valence-corrected chi connectivity index (χ1v) is 8.36. The minimum Gasteiger partial charge on any atom is -0.454 e. The maximum Gasteiger partial charge on any atom is 0.342 e. The van der Waals surface area contributed by atoms with E-state index in [2.05, 4.69) is 15.1 Å². The van der Waals surface area contributed by atoms with Crippen LogP contribution in [-0.2, 0) is 11.2 Å². The molecular weight excluding hydrogens is 332 g/mol. The van der Waals surface area contributed by atoms with Crippen molar-refractivity contribution in [3.63, 3.8) is 0 Å². The van der Waals surface area contributed by atoms with E-state index in [1.807, 2.05) is 39.0 Å². The van der Waals surface area contributed by atoms with Crippen molar-refractivity contribution in [2.24, 2.45) is 0 Å². The molecule has 3 rings (SSSR count). The number of aryl methyl sites for hydroxylation is 2. The number of hydrogen-bond donors (Lipinski definition) is 1. The van der Waals surface area contributed by atoms with Crippen LogP contribution in [0.25, 0.3) is 5.82 Å². The first-order valence-electron chi connectivity index (χ1n) is 8.36. The molecule has 26 heavy (non-hydrogen) atoms. The number of aromatic amines is 1. The van der Waals surface area contributed by atoms with E-state index in [4.69, 9.17) is 4.74 Å². The molecule has 0 saturated carbocycles. The summed E-state index contributed by atoms with van der Waals surface area (Å²) in [5, 5.41) is 4.24. The van der Waals surface area contributed by atoms with Gasteiger partial charge >= 0.3 is 5.97 Å². The number of esters is 1. The van der Waals surface area contributed by atoms with Gasteiger partial charge in [0, 0.05) is 23.1 Å². The van der Waals surface area contributed by atoms with Crippen molar-refractivity contribution in [3.8, 4) is 5.82 Å². The average Bonchev–Trinajstić information content (AvgIpc) is 3.22. The van der Waals surface area contributed by atoms with Gasteiger partial charge in [0.15, 0.2) is 12.4 Å². The van der Waals surface area contributed by atoms with Crippen LogP contribution in [0.3, 0.4) is 0 Å². The Morgan fingerprint density at radius 1 is 1.23 bits per heavy atom. The number of pyridine rings is 1. The molecule has 0 unspecified atom stereocenters. The lowest BCUT2D eigenvalue weighted by molar-refractivity contribution is 0.0473. The summed E-state index contributed by atoms with van der Waals surface area (Å²) in [4.78, 5) is 32.0. The molecule has 0 radical (unpaired) electrons. The van der Waals surface area contributed by atoms with Crippen molar-refractivity contribution >= 4 is 11.8 Å².